The first-order chi connectivity index (χ1) is 12.6. The third-order valence-corrected chi connectivity index (χ3v) is 4.93. The second kappa shape index (κ2) is 6.72. The molecule has 1 amide bonds. The summed E-state index contributed by atoms with van der Waals surface area (Å²) in [5.74, 6) is -0.545. The van der Waals surface area contributed by atoms with Crippen molar-refractivity contribution in [2.75, 3.05) is 0 Å². The zero-order chi connectivity index (χ0) is 18.1. The molecule has 130 valence electrons. The summed E-state index contributed by atoms with van der Waals surface area (Å²) in [5, 5.41) is 4.82. The number of rotatable bonds is 4. The number of aromatic nitrogens is 2. The Morgan fingerprint density at radius 2 is 1.88 bits per heavy atom. The number of halogens is 1. The van der Waals surface area contributed by atoms with Gasteiger partial charge in [0.15, 0.2) is 10.7 Å². The molecule has 0 bridgehead atoms. The van der Waals surface area contributed by atoms with Gasteiger partial charge in [-0.15, -0.1) is 11.3 Å². The fraction of sp³-hybridized carbons (Fsp3) is 0.100. The lowest BCUT2D eigenvalue weighted by molar-refractivity contribution is 0.0947. The van der Waals surface area contributed by atoms with Crippen LogP contribution in [0.15, 0.2) is 60.1 Å². The standard InChI is InChI=1S/C20H16FN3OS/c1-13-2-6-15(7-3-13)18-17(23-20-24(18)10-11-26-20)19(25)22-12-14-4-8-16(21)9-5-14/h2-11H,12H2,1H3,(H,22,25). The molecule has 0 fully saturated rings. The van der Waals surface area contributed by atoms with Gasteiger partial charge in [-0.25, -0.2) is 9.37 Å². The number of hydrogen-bond donors (Lipinski definition) is 1. The smallest absolute Gasteiger partial charge is 0.272 e. The predicted octanol–water partition coefficient (Wildman–Crippen LogP) is 4.44. The SMILES string of the molecule is Cc1ccc(-c2c(C(=O)NCc3ccc(F)cc3)nc3sccn23)cc1. The molecule has 4 aromatic rings. The molecule has 0 radical (unpaired) electrons. The van der Waals surface area contributed by atoms with Gasteiger partial charge in [0.1, 0.15) is 5.82 Å². The summed E-state index contributed by atoms with van der Waals surface area (Å²) in [4.78, 5) is 18.0. The van der Waals surface area contributed by atoms with Crippen molar-refractivity contribution in [2.45, 2.75) is 13.5 Å². The summed E-state index contributed by atoms with van der Waals surface area (Å²) >= 11 is 1.48. The van der Waals surface area contributed by atoms with Crippen LogP contribution in [0.25, 0.3) is 16.2 Å². The Labute approximate surface area is 153 Å². The largest absolute Gasteiger partial charge is 0.347 e. The van der Waals surface area contributed by atoms with Gasteiger partial charge in [-0.2, -0.15) is 0 Å². The Kier molecular flexibility index (Phi) is 4.26. The van der Waals surface area contributed by atoms with Crippen molar-refractivity contribution in [2.24, 2.45) is 0 Å². The third-order valence-electron chi connectivity index (χ3n) is 4.17. The number of aryl methyl sites for hydroxylation is 1. The number of carbonyl (C=O) groups excluding carboxylic acids is 1. The highest BCUT2D eigenvalue weighted by molar-refractivity contribution is 7.15. The predicted molar refractivity (Wildman–Crippen MR) is 101 cm³/mol. The number of amides is 1. The van der Waals surface area contributed by atoms with Crippen LogP contribution in [-0.4, -0.2) is 15.3 Å². The molecule has 1 N–H and O–H groups in total. The average molecular weight is 365 g/mol. The van der Waals surface area contributed by atoms with Crippen LogP contribution in [0.1, 0.15) is 21.6 Å². The van der Waals surface area contributed by atoms with Crippen molar-refractivity contribution in [3.63, 3.8) is 0 Å². The van der Waals surface area contributed by atoms with Crippen molar-refractivity contribution in [1.82, 2.24) is 14.7 Å². The Hall–Kier alpha value is -2.99. The van der Waals surface area contributed by atoms with E-state index in [0.717, 1.165) is 27.3 Å². The number of hydrogen-bond acceptors (Lipinski definition) is 3. The summed E-state index contributed by atoms with van der Waals surface area (Å²) in [7, 11) is 0. The number of carbonyl (C=O) groups is 1. The molecule has 0 aliphatic carbocycles. The molecule has 0 saturated carbocycles. The number of nitrogens with zero attached hydrogens (tertiary/aromatic N) is 2. The lowest BCUT2D eigenvalue weighted by Crippen LogP contribution is -2.23. The molecule has 4 nitrogen and oxygen atoms in total. The van der Waals surface area contributed by atoms with Crippen molar-refractivity contribution in [3.05, 3.63) is 82.7 Å². The molecular weight excluding hydrogens is 349 g/mol. The van der Waals surface area contributed by atoms with E-state index in [0.29, 0.717) is 12.2 Å². The van der Waals surface area contributed by atoms with Gasteiger partial charge in [0.2, 0.25) is 0 Å². The fourth-order valence-electron chi connectivity index (χ4n) is 2.80. The highest BCUT2D eigenvalue weighted by Crippen LogP contribution is 2.28. The molecule has 4 rings (SSSR count). The molecule has 6 heteroatoms. The van der Waals surface area contributed by atoms with Crippen molar-refractivity contribution >= 4 is 22.2 Å². The molecule has 0 aliphatic rings. The van der Waals surface area contributed by atoms with E-state index in [1.165, 1.54) is 23.5 Å². The van der Waals surface area contributed by atoms with Gasteiger partial charge in [-0.05, 0) is 24.6 Å². The zero-order valence-electron chi connectivity index (χ0n) is 14.1. The van der Waals surface area contributed by atoms with E-state index in [2.05, 4.69) is 10.3 Å². The highest BCUT2D eigenvalue weighted by Gasteiger charge is 2.20. The molecule has 0 unspecified atom stereocenters. The van der Waals surface area contributed by atoms with Crippen LogP contribution in [0.2, 0.25) is 0 Å². The molecule has 0 atom stereocenters. The molecular formula is C20H16FN3OS. The molecule has 0 aliphatic heterocycles. The second-order valence-electron chi connectivity index (χ2n) is 6.04. The lowest BCUT2D eigenvalue weighted by Gasteiger charge is -2.07. The van der Waals surface area contributed by atoms with Crippen molar-refractivity contribution in [3.8, 4) is 11.3 Å². The lowest BCUT2D eigenvalue weighted by atomic mass is 10.1. The summed E-state index contributed by atoms with van der Waals surface area (Å²) in [6, 6.07) is 14.1. The quantitative estimate of drug-likeness (QED) is 0.581. The third kappa shape index (κ3) is 3.11. The first-order valence-corrected chi connectivity index (χ1v) is 9.05. The number of thiazole rings is 1. The van der Waals surface area contributed by atoms with E-state index in [4.69, 9.17) is 0 Å². The summed E-state index contributed by atoms with van der Waals surface area (Å²) in [6.45, 7) is 2.34. The van der Waals surface area contributed by atoms with E-state index in [-0.39, 0.29) is 11.7 Å². The van der Waals surface area contributed by atoms with E-state index in [9.17, 15) is 9.18 Å². The van der Waals surface area contributed by atoms with E-state index in [1.54, 1.807) is 12.1 Å². The topological polar surface area (TPSA) is 46.4 Å². The summed E-state index contributed by atoms with van der Waals surface area (Å²) < 4.78 is 14.9. The normalized spacial score (nSPS) is 11.0. The van der Waals surface area contributed by atoms with E-state index in [1.807, 2.05) is 47.2 Å². The highest BCUT2D eigenvalue weighted by atomic mass is 32.1. The molecule has 2 aromatic heterocycles. The average Bonchev–Trinajstić information content (AvgIpc) is 3.23. The summed E-state index contributed by atoms with van der Waals surface area (Å²) in [5.41, 5.74) is 4.09. The maximum absolute atomic E-state index is 13.0. The van der Waals surface area contributed by atoms with Gasteiger partial charge in [-0.3, -0.25) is 9.20 Å². The Balaban J connectivity index is 1.66. The number of nitrogens with one attached hydrogen (secondary N) is 1. The van der Waals surface area contributed by atoms with E-state index < -0.39 is 0 Å². The van der Waals surface area contributed by atoms with Gasteiger partial charge < -0.3 is 5.32 Å². The first kappa shape index (κ1) is 16.5. The molecule has 2 heterocycles. The maximum Gasteiger partial charge on any atom is 0.272 e. The van der Waals surface area contributed by atoms with Gasteiger partial charge in [0, 0.05) is 23.7 Å². The van der Waals surface area contributed by atoms with Crippen molar-refractivity contribution < 1.29 is 9.18 Å². The summed E-state index contributed by atoms with van der Waals surface area (Å²) in [6.07, 6.45) is 1.92. The zero-order valence-corrected chi connectivity index (χ0v) is 14.9. The van der Waals surface area contributed by atoms with Gasteiger partial charge in [-0.1, -0.05) is 42.0 Å². The van der Waals surface area contributed by atoms with Crippen LogP contribution in [0, 0.1) is 12.7 Å². The van der Waals surface area contributed by atoms with Crippen LogP contribution >= 0.6 is 11.3 Å². The maximum atomic E-state index is 13.0. The minimum absolute atomic E-state index is 0.249. The molecule has 2 aromatic carbocycles. The fourth-order valence-corrected chi connectivity index (χ4v) is 3.51. The first-order valence-electron chi connectivity index (χ1n) is 8.17. The van der Waals surface area contributed by atoms with Gasteiger partial charge >= 0.3 is 0 Å². The Bertz CT molecular complexity index is 1060. The van der Waals surface area contributed by atoms with Crippen LogP contribution in [0.4, 0.5) is 4.39 Å². The van der Waals surface area contributed by atoms with E-state index >= 15 is 0 Å². The molecule has 0 saturated heterocycles. The van der Waals surface area contributed by atoms with Crippen LogP contribution in [0.3, 0.4) is 0 Å². The van der Waals surface area contributed by atoms with Crippen molar-refractivity contribution in [1.29, 1.82) is 0 Å². The van der Waals surface area contributed by atoms with Crippen LogP contribution in [-0.2, 0) is 6.54 Å². The minimum Gasteiger partial charge on any atom is -0.347 e. The van der Waals surface area contributed by atoms with Crippen LogP contribution in [0.5, 0.6) is 0 Å². The minimum atomic E-state index is -0.295. The number of benzene rings is 2. The molecule has 0 spiro atoms. The number of fused-ring (bicyclic) bond motifs is 1. The van der Waals surface area contributed by atoms with Gasteiger partial charge in [0.25, 0.3) is 5.91 Å². The van der Waals surface area contributed by atoms with Gasteiger partial charge in [0.05, 0.1) is 5.69 Å². The monoisotopic (exact) mass is 365 g/mol. The number of imidazole rings is 1. The molecule has 26 heavy (non-hydrogen) atoms. The Morgan fingerprint density at radius 3 is 2.62 bits per heavy atom. The van der Waals surface area contributed by atoms with Crippen LogP contribution < -0.4 is 5.32 Å². The second-order valence-corrected chi connectivity index (χ2v) is 6.91. The Morgan fingerprint density at radius 1 is 1.15 bits per heavy atom.